The second kappa shape index (κ2) is 2.76. The van der Waals surface area contributed by atoms with Crippen LogP contribution in [0.15, 0.2) is 16.5 Å². The standard InChI is InChI=1S/C10H12N2O/c1-6-4-7(2)9-8(5-6)12-10(11-3)13-9/h4-5H,1-3H3,(H,11,12). The van der Waals surface area contributed by atoms with Crippen LogP contribution in [0.3, 0.4) is 0 Å². The number of nitrogens with zero attached hydrogens (tertiary/aromatic N) is 1. The van der Waals surface area contributed by atoms with Crippen molar-refractivity contribution < 1.29 is 4.42 Å². The van der Waals surface area contributed by atoms with Gasteiger partial charge >= 0.3 is 0 Å². The Morgan fingerprint density at radius 1 is 1.31 bits per heavy atom. The fourth-order valence-electron chi connectivity index (χ4n) is 1.48. The van der Waals surface area contributed by atoms with Gasteiger partial charge in [0.2, 0.25) is 0 Å². The van der Waals surface area contributed by atoms with Crippen molar-refractivity contribution in [1.82, 2.24) is 4.98 Å². The van der Waals surface area contributed by atoms with Gasteiger partial charge in [-0.3, -0.25) is 0 Å². The predicted octanol–water partition coefficient (Wildman–Crippen LogP) is 2.49. The summed E-state index contributed by atoms with van der Waals surface area (Å²) in [6, 6.07) is 4.68. The third kappa shape index (κ3) is 1.26. The maximum absolute atomic E-state index is 5.48. The van der Waals surface area contributed by atoms with Crippen LogP contribution in [-0.2, 0) is 0 Å². The summed E-state index contributed by atoms with van der Waals surface area (Å²) in [5.41, 5.74) is 4.13. The van der Waals surface area contributed by atoms with Crippen LogP contribution in [0.1, 0.15) is 11.1 Å². The van der Waals surface area contributed by atoms with Gasteiger partial charge in [-0.1, -0.05) is 6.07 Å². The molecule has 3 nitrogen and oxygen atoms in total. The highest BCUT2D eigenvalue weighted by Crippen LogP contribution is 2.23. The van der Waals surface area contributed by atoms with Gasteiger partial charge in [-0.2, -0.15) is 4.98 Å². The van der Waals surface area contributed by atoms with Crippen LogP contribution in [-0.4, -0.2) is 12.0 Å². The van der Waals surface area contributed by atoms with Crippen LogP contribution in [0, 0.1) is 13.8 Å². The number of aryl methyl sites for hydroxylation is 2. The van der Waals surface area contributed by atoms with E-state index in [-0.39, 0.29) is 0 Å². The molecule has 0 spiro atoms. The molecule has 13 heavy (non-hydrogen) atoms. The minimum atomic E-state index is 0.573. The summed E-state index contributed by atoms with van der Waals surface area (Å²) < 4.78 is 5.48. The van der Waals surface area contributed by atoms with E-state index < -0.39 is 0 Å². The van der Waals surface area contributed by atoms with Crippen molar-refractivity contribution in [1.29, 1.82) is 0 Å². The molecule has 68 valence electrons. The number of oxazole rings is 1. The van der Waals surface area contributed by atoms with Gasteiger partial charge in [-0.25, -0.2) is 0 Å². The van der Waals surface area contributed by atoms with Crippen molar-refractivity contribution in [2.75, 3.05) is 12.4 Å². The largest absolute Gasteiger partial charge is 0.423 e. The lowest BCUT2D eigenvalue weighted by molar-refractivity contribution is 0.618. The Kier molecular flexibility index (Phi) is 1.72. The van der Waals surface area contributed by atoms with Crippen LogP contribution < -0.4 is 5.32 Å². The molecule has 3 heteroatoms. The number of aromatic nitrogens is 1. The highest BCUT2D eigenvalue weighted by Gasteiger charge is 2.06. The fourth-order valence-corrected chi connectivity index (χ4v) is 1.48. The number of rotatable bonds is 1. The minimum Gasteiger partial charge on any atom is -0.423 e. The van der Waals surface area contributed by atoms with Crippen LogP contribution in [0.2, 0.25) is 0 Å². The van der Waals surface area contributed by atoms with E-state index in [0.29, 0.717) is 6.01 Å². The van der Waals surface area contributed by atoms with E-state index in [9.17, 15) is 0 Å². The number of hydrogen-bond acceptors (Lipinski definition) is 3. The van der Waals surface area contributed by atoms with Crippen molar-refractivity contribution in [3.63, 3.8) is 0 Å². The Hall–Kier alpha value is -1.51. The lowest BCUT2D eigenvalue weighted by Gasteiger charge is -1.94. The molecule has 0 bridgehead atoms. The van der Waals surface area contributed by atoms with Crippen LogP contribution >= 0.6 is 0 Å². The second-order valence-electron chi connectivity index (χ2n) is 3.20. The van der Waals surface area contributed by atoms with Crippen LogP contribution in [0.25, 0.3) is 11.1 Å². The fraction of sp³-hybridized carbons (Fsp3) is 0.300. The van der Waals surface area contributed by atoms with E-state index in [1.165, 1.54) is 5.56 Å². The summed E-state index contributed by atoms with van der Waals surface area (Å²) in [5, 5.41) is 2.89. The quantitative estimate of drug-likeness (QED) is 0.725. The molecule has 0 unspecified atom stereocenters. The average Bonchev–Trinajstić information content (AvgIpc) is 2.47. The predicted molar refractivity (Wildman–Crippen MR) is 53.0 cm³/mol. The molecule has 2 rings (SSSR count). The molecular formula is C10H12N2O. The molecule has 0 aliphatic rings. The van der Waals surface area contributed by atoms with Gasteiger partial charge in [-0.15, -0.1) is 0 Å². The minimum absolute atomic E-state index is 0.573. The van der Waals surface area contributed by atoms with E-state index in [1.54, 1.807) is 7.05 Å². The van der Waals surface area contributed by atoms with Gasteiger partial charge in [0.05, 0.1) is 0 Å². The molecular weight excluding hydrogens is 164 g/mol. The first-order chi connectivity index (χ1) is 6.20. The Morgan fingerprint density at radius 3 is 2.77 bits per heavy atom. The van der Waals surface area contributed by atoms with Crippen LogP contribution in [0.4, 0.5) is 6.01 Å². The molecule has 0 aliphatic carbocycles. The molecule has 1 aromatic carbocycles. The molecule has 0 fully saturated rings. The summed E-state index contributed by atoms with van der Waals surface area (Å²) >= 11 is 0. The molecule has 0 aliphatic heterocycles. The Balaban J connectivity index is 2.75. The average molecular weight is 176 g/mol. The second-order valence-corrected chi connectivity index (χ2v) is 3.20. The Labute approximate surface area is 76.8 Å². The lowest BCUT2D eigenvalue weighted by Crippen LogP contribution is -1.85. The number of benzene rings is 1. The van der Waals surface area contributed by atoms with E-state index in [1.807, 2.05) is 13.0 Å². The normalized spacial score (nSPS) is 10.7. The van der Waals surface area contributed by atoms with Gasteiger partial charge in [0.15, 0.2) is 5.58 Å². The van der Waals surface area contributed by atoms with E-state index >= 15 is 0 Å². The lowest BCUT2D eigenvalue weighted by atomic mass is 10.1. The first-order valence-corrected chi connectivity index (χ1v) is 4.26. The molecule has 1 heterocycles. The maximum atomic E-state index is 5.48. The van der Waals surface area contributed by atoms with Gasteiger partial charge in [-0.05, 0) is 31.0 Å². The highest BCUT2D eigenvalue weighted by atomic mass is 16.4. The molecule has 1 aromatic heterocycles. The van der Waals surface area contributed by atoms with Crippen molar-refractivity contribution in [2.24, 2.45) is 0 Å². The molecule has 0 saturated carbocycles. The summed E-state index contributed by atoms with van der Waals surface area (Å²) in [6.07, 6.45) is 0. The third-order valence-corrected chi connectivity index (χ3v) is 2.03. The van der Waals surface area contributed by atoms with Crippen molar-refractivity contribution in [3.05, 3.63) is 23.3 Å². The molecule has 2 aromatic rings. The molecule has 0 radical (unpaired) electrons. The summed E-state index contributed by atoms with van der Waals surface area (Å²) in [4.78, 5) is 4.28. The van der Waals surface area contributed by atoms with Crippen molar-refractivity contribution >= 4 is 17.1 Å². The van der Waals surface area contributed by atoms with E-state index in [2.05, 4.69) is 23.3 Å². The Morgan fingerprint density at radius 2 is 2.08 bits per heavy atom. The maximum Gasteiger partial charge on any atom is 0.295 e. The number of hydrogen-bond donors (Lipinski definition) is 1. The smallest absolute Gasteiger partial charge is 0.295 e. The van der Waals surface area contributed by atoms with Gasteiger partial charge < -0.3 is 9.73 Å². The van der Waals surface area contributed by atoms with Gasteiger partial charge in [0, 0.05) is 7.05 Å². The van der Waals surface area contributed by atoms with Crippen molar-refractivity contribution in [2.45, 2.75) is 13.8 Å². The first-order valence-electron chi connectivity index (χ1n) is 4.26. The van der Waals surface area contributed by atoms with Crippen molar-refractivity contribution in [3.8, 4) is 0 Å². The molecule has 0 saturated heterocycles. The van der Waals surface area contributed by atoms with Gasteiger partial charge in [0.1, 0.15) is 5.52 Å². The topological polar surface area (TPSA) is 38.1 Å². The molecule has 0 amide bonds. The summed E-state index contributed by atoms with van der Waals surface area (Å²) in [7, 11) is 1.80. The third-order valence-electron chi connectivity index (χ3n) is 2.03. The first kappa shape index (κ1) is 8.10. The van der Waals surface area contributed by atoms with Gasteiger partial charge in [0.25, 0.3) is 6.01 Å². The molecule has 0 atom stereocenters. The zero-order chi connectivity index (χ0) is 9.42. The zero-order valence-corrected chi connectivity index (χ0v) is 8.01. The number of anilines is 1. The number of nitrogens with one attached hydrogen (secondary N) is 1. The monoisotopic (exact) mass is 176 g/mol. The van der Waals surface area contributed by atoms with E-state index in [4.69, 9.17) is 4.42 Å². The van der Waals surface area contributed by atoms with E-state index in [0.717, 1.165) is 16.7 Å². The number of fused-ring (bicyclic) bond motifs is 1. The Bertz CT molecular complexity index is 445. The zero-order valence-electron chi connectivity index (χ0n) is 8.01. The SMILES string of the molecule is CNc1nc2cc(C)cc(C)c2o1. The highest BCUT2D eigenvalue weighted by molar-refractivity contribution is 5.78. The van der Waals surface area contributed by atoms with Crippen LogP contribution in [0.5, 0.6) is 0 Å². The molecule has 1 N–H and O–H groups in total. The summed E-state index contributed by atoms with van der Waals surface area (Å²) in [6.45, 7) is 4.08. The summed E-state index contributed by atoms with van der Waals surface area (Å²) in [5.74, 6) is 0.